The molecule has 0 aliphatic heterocycles. The van der Waals surface area contributed by atoms with Crippen molar-refractivity contribution in [2.45, 2.75) is 63.7 Å². The lowest BCUT2D eigenvalue weighted by Gasteiger charge is -2.54. The molecule has 0 saturated heterocycles. The van der Waals surface area contributed by atoms with Crippen molar-refractivity contribution in [3.05, 3.63) is 58.7 Å². The van der Waals surface area contributed by atoms with Gasteiger partial charge in [-0.25, -0.2) is 8.42 Å². The minimum Gasteiger partial charge on any atom is -0.280 e. The predicted molar refractivity (Wildman–Crippen MR) is 118 cm³/mol. The summed E-state index contributed by atoms with van der Waals surface area (Å²) >= 11 is 0. The molecule has 0 heterocycles. The van der Waals surface area contributed by atoms with Gasteiger partial charge in [0.15, 0.2) is 0 Å². The van der Waals surface area contributed by atoms with Gasteiger partial charge in [0.25, 0.3) is 10.0 Å². The molecule has 6 rings (SSSR count). The fourth-order valence-corrected chi connectivity index (χ4v) is 8.55. The number of hydrogen-bond acceptors (Lipinski definition) is 2. The summed E-state index contributed by atoms with van der Waals surface area (Å²) in [5, 5.41) is 0. The SMILES string of the molecule is Cc1cc(C)c(S(=O)(=O)Nc2ccc(C3C4CC5CC(C4)CC3C5)cc2)c(C)c1. The predicted octanol–water partition coefficient (Wildman–Crippen LogP) is 5.95. The molecule has 29 heavy (non-hydrogen) atoms. The van der Waals surface area contributed by atoms with E-state index in [-0.39, 0.29) is 0 Å². The van der Waals surface area contributed by atoms with Crippen molar-refractivity contribution in [3.63, 3.8) is 0 Å². The quantitative estimate of drug-likeness (QED) is 0.678. The topological polar surface area (TPSA) is 46.2 Å². The molecule has 4 aliphatic carbocycles. The summed E-state index contributed by atoms with van der Waals surface area (Å²) in [6, 6.07) is 12.1. The molecule has 0 unspecified atom stereocenters. The highest BCUT2D eigenvalue weighted by Gasteiger charge is 2.48. The minimum absolute atomic E-state index is 0.396. The maximum absolute atomic E-state index is 13.0. The first-order valence-electron chi connectivity index (χ1n) is 11.0. The van der Waals surface area contributed by atoms with Crippen molar-refractivity contribution in [2.75, 3.05) is 4.72 Å². The highest BCUT2D eigenvalue weighted by molar-refractivity contribution is 7.92. The van der Waals surface area contributed by atoms with Crippen LogP contribution in [0.4, 0.5) is 5.69 Å². The van der Waals surface area contributed by atoms with E-state index >= 15 is 0 Å². The Bertz CT molecular complexity index is 988. The molecule has 0 spiro atoms. The van der Waals surface area contributed by atoms with Crippen LogP contribution in [0.5, 0.6) is 0 Å². The van der Waals surface area contributed by atoms with E-state index in [4.69, 9.17) is 0 Å². The van der Waals surface area contributed by atoms with Crippen molar-refractivity contribution >= 4 is 15.7 Å². The van der Waals surface area contributed by atoms with E-state index in [1.54, 1.807) is 0 Å². The molecular formula is C25H31NO2S. The first kappa shape index (κ1) is 19.2. The zero-order chi connectivity index (χ0) is 20.3. The number of nitrogens with one attached hydrogen (secondary N) is 1. The molecule has 154 valence electrons. The molecule has 0 radical (unpaired) electrons. The zero-order valence-electron chi connectivity index (χ0n) is 17.6. The van der Waals surface area contributed by atoms with Crippen LogP contribution in [0.15, 0.2) is 41.3 Å². The van der Waals surface area contributed by atoms with Crippen LogP contribution < -0.4 is 4.72 Å². The molecule has 3 nitrogen and oxygen atoms in total. The van der Waals surface area contributed by atoms with Gasteiger partial charge in [-0.15, -0.1) is 0 Å². The van der Waals surface area contributed by atoms with Gasteiger partial charge in [-0.05, 0) is 111 Å². The Morgan fingerprint density at radius 1 is 0.793 bits per heavy atom. The van der Waals surface area contributed by atoms with Crippen LogP contribution in [0.2, 0.25) is 0 Å². The number of rotatable bonds is 4. The highest BCUT2D eigenvalue weighted by Crippen LogP contribution is 2.59. The van der Waals surface area contributed by atoms with Crippen molar-refractivity contribution < 1.29 is 8.42 Å². The molecule has 0 amide bonds. The average molecular weight is 410 g/mol. The summed E-state index contributed by atoms with van der Waals surface area (Å²) in [5.41, 5.74) is 4.72. The Hall–Kier alpha value is -1.81. The lowest BCUT2D eigenvalue weighted by atomic mass is 9.51. The van der Waals surface area contributed by atoms with Crippen molar-refractivity contribution in [1.29, 1.82) is 0 Å². The third-order valence-electron chi connectivity index (χ3n) is 7.65. The fourth-order valence-electron chi connectivity index (χ4n) is 7.04. The smallest absolute Gasteiger partial charge is 0.262 e. The number of benzene rings is 2. The molecule has 4 heteroatoms. The molecule has 0 atom stereocenters. The molecule has 0 aromatic heterocycles. The number of aryl methyl sites for hydroxylation is 3. The standard InChI is InChI=1S/C25H31NO2S/c1-15-8-16(2)25(17(3)9-15)29(27,28)26-23-6-4-20(5-7-23)24-21-11-18-10-19(13-21)14-22(24)12-18/h4-9,18-19,21-22,24,26H,10-14H2,1-3H3. The van der Waals surface area contributed by atoms with Crippen molar-refractivity contribution in [2.24, 2.45) is 23.7 Å². The van der Waals surface area contributed by atoms with Crippen LogP contribution in [0.3, 0.4) is 0 Å². The Labute approximate surface area is 175 Å². The first-order chi connectivity index (χ1) is 13.8. The third-order valence-corrected chi connectivity index (χ3v) is 9.33. The Balaban J connectivity index is 1.37. The first-order valence-corrected chi connectivity index (χ1v) is 12.5. The minimum atomic E-state index is -3.60. The van der Waals surface area contributed by atoms with E-state index < -0.39 is 10.0 Å². The maximum Gasteiger partial charge on any atom is 0.262 e. The lowest BCUT2D eigenvalue weighted by molar-refractivity contribution is -0.00277. The van der Waals surface area contributed by atoms with E-state index in [9.17, 15) is 8.42 Å². The van der Waals surface area contributed by atoms with Crippen LogP contribution in [-0.4, -0.2) is 8.42 Å². The molecular weight excluding hydrogens is 378 g/mol. The van der Waals surface area contributed by atoms with Gasteiger partial charge in [-0.3, -0.25) is 4.72 Å². The van der Waals surface area contributed by atoms with Crippen LogP contribution in [0.1, 0.15) is 60.3 Å². The second kappa shape index (κ2) is 6.87. The summed E-state index contributed by atoms with van der Waals surface area (Å²) in [6.07, 6.45) is 7.07. The normalized spacial score (nSPS) is 30.5. The van der Waals surface area contributed by atoms with E-state index in [0.29, 0.717) is 16.5 Å². The highest BCUT2D eigenvalue weighted by atomic mass is 32.2. The molecule has 4 fully saturated rings. The largest absolute Gasteiger partial charge is 0.280 e. The number of hydrogen-bond donors (Lipinski definition) is 1. The Kier molecular flexibility index (Phi) is 4.54. The summed E-state index contributed by atoms with van der Waals surface area (Å²) in [5.74, 6) is 4.30. The van der Waals surface area contributed by atoms with E-state index in [2.05, 4.69) is 16.9 Å². The third kappa shape index (κ3) is 3.39. The monoisotopic (exact) mass is 409 g/mol. The van der Waals surface area contributed by atoms with Gasteiger partial charge in [0.2, 0.25) is 0 Å². The summed E-state index contributed by atoms with van der Waals surface area (Å²) < 4.78 is 28.9. The number of anilines is 1. The molecule has 2 aromatic carbocycles. The Morgan fingerprint density at radius 3 is 1.83 bits per heavy atom. The van der Waals surface area contributed by atoms with Gasteiger partial charge in [0, 0.05) is 5.69 Å². The maximum atomic E-state index is 13.0. The van der Waals surface area contributed by atoms with Gasteiger partial charge in [-0.1, -0.05) is 29.8 Å². The van der Waals surface area contributed by atoms with Crippen LogP contribution in [-0.2, 0) is 10.0 Å². The van der Waals surface area contributed by atoms with Gasteiger partial charge in [0.05, 0.1) is 4.90 Å². The molecule has 4 bridgehead atoms. The summed E-state index contributed by atoms with van der Waals surface area (Å²) in [7, 11) is -3.60. The molecule has 4 saturated carbocycles. The second-order valence-electron chi connectivity index (χ2n) is 9.91. The number of sulfonamides is 1. The fraction of sp³-hybridized carbons (Fsp3) is 0.520. The average Bonchev–Trinajstić information content (AvgIpc) is 2.60. The van der Waals surface area contributed by atoms with E-state index in [1.165, 1.54) is 37.7 Å². The van der Waals surface area contributed by atoms with Gasteiger partial charge < -0.3 is 0 Å². The van der Waals surface area contributed by atoms with E-state index in [0.717, 1.165) is 40.4 Å². The Morgan fingerprint density at radius 2 is 1.31 bits per heavy atom. The summed E-state index contributed by atoms with van der Waals surface area (Å²) in [6.45, 7) is 5.72. The lowest BCUT2D eigenvalue weighted by Crippen LogP contribution is -2.43. The zero-order valence-corrected chi connectivity index (χ0v) is 18.4. The van der Waals surface area contributed by atoms with Crippen LogP contribution in [0, 0.1) is 44.4 Å². The second-order valence-corrected chi connectivity index (χ2v) is 11.5. The molecule has 1 N–H and O–H groups in total. The van der Waals surface area contributed by atoms with Crippen molar-refractivity contribution in [1.82, 2.24) is 0 Å². The van der Waals surface area contributed by atoms with E-state index in [1.807, 2.05) is 45.0 Å². The van der Waals surface area contributed by atoms with Crippen molar-refractivity contribution in [3.8, 4) is 0 Å². The summed E-state index contributed by atoms with van der Waals surface area (Å²) in [4.78, 5) is 0.396. The van der Waals surface area contributed by atoms with Gasteiger partial charge in [0.1, 0.15) is 0 Å². The molecule has 2 aromatic rings. The van der Waals surface area contributed by atoms with Crippen LogP contribution in [0.25, 0.3) is 0 Å². The van der Waals surface area contributed by atoms with Gasteiger partial charge >= 0.3 is 0 Å². The van der Waals surface area contributed by atoms with Gasteiger partial charge in [-0.2, -0.15) is 0 Å². The molecule has 4 aliphatic rings. The van der Waals surface area contributed by atoms with Crippen LogP contribution >= 0.6 is 0 Å².